The van der Waals surface area contributed by atoms with Gasteiger partial charge in [-0.25, -0.2) is 4.79 Å². The Kier molecular flexibility index (Phi) is 7.78. The highest BCUT2D eigenvalue weighted by Crippen LogP contribution is 2.16. The van der Waals surface area contributed by atoms with Crippen LogP contribution in [0.1, 0.15) is 19.3 Å². The fourth-order valence-electron chi connectivity index (χ4n) is 1.51. The molecule has 0 saturated heterocycles. The smallest absolute Gasteiger partial charge is 0.332 e. The van der Waals surface area contributed by atoms with Crippen molar-refractivity contribution in [1.82, 2.24) is 5.32 Å². The van der Waals surface area contributed by atoms with Crippen LogP contribution in [-0.4, -0.2) is 41.3 Å². The highest BCUT2D eigenvalue weighted by atomic mass is 79.9. The molecule has 1 aromatic carbocycles. The second kappa shape index (κ2) is 9.36. The Labute approximate surface area is 131 Å². The molecule has 21 heavy (non-hydrogen) atoms. The molecule has 0 radical (unpaired) electrons. The van der Waals surface area contributed by atoms with Crippen LogP contribution in [0.4, 0.5) is 0 Å². The quantitative estimate of drug-likeness (QED) is 0.581. The zero-order valence-corrected chi connectivity index (χ0v) is 13.0. The number of ether oxygens (including phenoxy) is 1. The normalized spacial score (nSPS) is 11.7. The van der Waals surface area contributed by atoms with Crippen molar-refractivity contribution in [1.29, 1.82) is 0 Å². The number of hydrogen-bond donors (Lipinski definition) is 3. The van der Waals surface area contributed by atoms with E-state index in [1.807, 2.05) is 24.3 Å². The van der Waals surface area contributed by atoms with Crippen LogP contribution in [0, 0.1) is 0 Å². The summed E-state index contributed by atoms with van der Waals surface area (Å²) in [5.74, 6) is -0.734. The van der Waals surface area contributed by atoms with Gasteiger partial charge in [-0.1, -0.05) is 15.9 Å². The Morgan fingerprint density at radius 3 is 2.57 bits per heavy atom. The number of amides is 1. The summed E-state index contributed by atoms with van der Waals surface area (Å²) < 4.78 is 6.44. The van der Waals surface area contributed by atoms with Gasteiger partial charge >= 0.3 is 5.97 Å². The van der Waals surface area contributed by atoms with Gasteiger partial charge in [-0.05, 0) is 30.7 Å². The number of carboxylic acids is 1. The van der Waals surface area contributed by atoms with Gasteiger partial charge in [0.1, 0.15) is 5.75 Å². The molecule has 1 amide bonds. The van der Waals surface area contributed by atoms with Crippen LogP contribution in [-0.2, 0) is 9.59 Å². The molecule has 116 valence electrons. The maximum absolute atomic E-state index is 11.4. The third-order valence-electron chi connectivity index (χ3n) is 2.66. The van der Waals surface area contributed by atoms with Gasteiger partial charge < -0.3 is 20.3 Å². The maximum Gasteiger partial charge on any atom is 0.332 e. The fourth-order valence-corrected chi connectivity index (χ4v) is 1.78. The van der Waals surface area contributed by atoms with Gasteiger partial charge in [-0.3, -0.25) is 4.79 Å². The largest absolute Gasteiger partial charge is 0.494 e. The summed E-state index contributed by atoms with van der Waals surface area (Å²) in [5.41, 5.74) is 0. The number of carboxylic acid groups (broad SMARTS) is 1. The van der Waals surface area contributed by atoms with E-state index in [0.29, 0.717) is 19.4 Å². The molecule has 3 N–H and O–H groups in total. The average Bonchev–Trinajstić information content (AvgIpc) is 2.45. The first-order chi connectivity index (χ1) is 9.99. The first-order valence-electron chi connectivity index (χ1n) is 6.55. The van der Waals surface area contributed by atoms with Crippen molar-refractivity contribution >= 4 is 27.8 Å². The summed E-state index contributed by atoms with van der Waals surface area (Å²) >= 11 is 3.33. The highest BCUT2D eigenvalue weighted by molar-refractivity contribution is 9.10. The van der Waals surface area contributed by atoms with Gasteiger partial charge in [-0.15, -0.1) is 0 Å². The van der Waals surface area contributed by atoms with Crippen molar-refractivity contribution in [3.05, 3.63) is 28.7 Å². The van der Waals surface area contributed by atoms with E-state index < -0.39 is 12.1 Å². The minimum atomic E-state index is -1.44. The Morgan fingerprint density at radius 2 is 1.95 bits per heavy atom. The molecule has 1 aromatic rings. The molecule has 0 fully saturated rings. The van der Waals surface area contributed by atoms with E-state index in [4.69, 9.17) is 14.9 Å². The van der Waals surface area contributed by atoms with E-state index in [1.54, 1.807) is 0 Å². The molecular weight excluding hydrogens is 342 g/mol. The summed E-state index contributed by atoms with van der Waals surface area (Å²) in [7, 11) is 0. The number of halogens is 1. The Hall–Kier alpha value is -1.60. The number of carbonyl (C=O) groups excluding carboxylic acids is 1. The van der Waals surface area contributed by atoms with Crippen molar-refractivity contribution in [2.24, 2.45) is 0 Å². The molecule has 0 saturated carbocycles. The molecule has 1 rings (SSSR count). The molecule has 0 spiro atoms. The van der Waals surface area contributed by atoms with Crippen LogP contribution >= 0.6 is 15.9 Å². The first-order valence-corrected chi connectivity index (χ1v) is 7.34. The number of aliphatic hydroxyl groups excluding tert-OH is 1. The number of nitrogens with one attached hydrogen (secondary N) is 1. The van der Waals surface area contributed by atoms with E-state index in [0.717, 1.165) is 10.2 Å². The third-order valence-corrected chi connectivity index (χ3v) is 3.18. The van der Waals surface area contributed by atoms with E-state index in [-0.39, 0.29) is 18.9 Å². The van der Waals surface area contributed by atoms with Crippen LogP contribution in [0.5, 0.6) is 5.75 Å². The molecule has 0 bridgehead atoms. The van der Waals surface area contributed by atoms with Crippen LogP contribution in [0.2, 0.25) is 0 Å². The molecule has 0 aliphatic heterocycles. The minimum absolute atomic E-state index is 0.00351. The predicted octanol–water partition coefficient (Wildman–Crippen LogP) is 1.56. The average molecular weight is 360 g/mol. The third kappa shape index (κ3) is 7.67. The Bertz CT molecular complexity index is 463. The summed E-state index contributed by atoms with van der Waals surface area (Å²) in [5, 5.41) is 20.0. The van der Waals surface area contributed by atoms with Gasteiger partial charge in [0, 0.05) is 23.9 Å². The second-order valence-electron chi connectivity index (χ2n) is 4.40. The fraction of sp³-hybridized carbons (Fsp3) is 0.429. The number of hydrogen-bond acceptors (Lipinski definition) is 4. The SMILES string of the molecule is O=C(CCCOc1ccc(Br)cc1)NCCC(O)C(=O)O. The van der Waals surface area contributed by atoms with E-state index in [9.17, 15) is 9.59 Å². The molecule has 0 aromatic heterocycles. The Balaban J connectivity index is 2.08. The minimum Gasteiger partial charge on any atom is -0.494 e. The molecule has 0 aliphatic carbocycles. The van der Waals surface area contributed by atoms with Crippen molar-refractivity contribution in [2.75, 3.05) is 13.2 Å². The topological polar surface area (TPSA) is 95.9 Å². The lowest BCUT2D eigenvalue weighted by atomic mass is 10.2. The van der Waals surface area contributed by atoms with Gasteiger partial charge in [0.15, 0.2) is 6.10 Å². The lowest BCUT2D eigenvalue weighted by Crippen LogP contribution is -2.30. The van der Waals surface area contributed by atoms with Crippen LogP contribution in [0.3, 0.4) is 0 Å². The van der Waals surface area contributed by atoms with Gasteiger partial charge in [0.25, 0.3) is 0 Å². The zero-order chi connectivity index (χ0) is 15.7. The standard InChI is InChI=1S/C14H18BrNO5/c15-10-3-5-11(6-4-10)21-9-1-2-13(18)16-8-7-12(17)14(19)20/h3-6,12,17H,1-2,7-9H2,(H,16,18)(H,19,20). The number of aliphatic hydroxyl groups is 1. The van der Waals surface area contributed by atoms with Crippen LogP contribution < -0.4 is 10.1 Å². The molecule has 0 heterocycles. The number of aliphatic carboxylic acids is 1. The summed E-state index contributed by atoms with van der Waals surface area (Å²) in [6.45, 7) is 0.562. The number of rotatable bonds is 9. The second-order valence-corrected chi connectivity index (χ2v) is 5.31. The van der Waals surface area contributed by atoms with Crippen molar-refractivity contribution in [2.45, 2.75) is 25.4 Å². The molecule has 7 heteroatoms. The van der Waals surface area contributed by atoms with E-state index >= 15 is 0 Å². The lowest BCUT2D eigenvalue weighted by molar-refractivity contribution is -0.147. The van der Waals surface area contributed by atoms with E-state index in [1.165, 1.54) is 0 Å². The zero-order valence-electron chi connectivity index (χ0n) is 11.4. The van der Waals surface area contributed by atoms with Gasteiger partial charge in [0.2, 0.25) is 5.91 Å². The van der Waals surface area contributed by atoms with Crippen LogP contribution in [0.25, 0.3) is 0 Å². The maximum atomic E-state index is 11.4. The predicted molar refractivity (Wildman–Crippen MR) is 80.1 cm³/mol. The lowest BCUT2D eigenvalue weighted by Gasteiger charge is -2.08. The Morgan fingerprint density at radius 1 is 1.29 bits per heavy atom. The molecule has 6 nitrogen and oxygen atoms in total. The van der Waals surface area contributed by atoms with Crippen molar-refractivity contribution in [3.63, 3.8) is 0 Å². The van der Waals surface area contributed by atoms with E-state index in [2.05, 4.69) is 21.2 Å². The number of carbonyl (C=O) groups is 2. The van der Waals surface area contributed by atoms with Crippen molar-refractivity contribution < 1.29 is 24.5 Å². The van der Waals surface area contributed by atoms with Crippen LogP contribution in [0.15, 0.2) is 28.7 Å². The summed E-state index contributed by atoms with van der Waals surface area (Å²) in [6.07, 6.45) is -0.592. The molecule has 1 atom stereocenters. The monoisotopic (exact) mass is 359 g/mol. The van der Waals surface area contributed by atoms with Gasteiger partial charge in [-0.2, -0.15) is 0 Å². The molecule has 0 aliphatic rings. The first kappa shape index (κ1) is 17.5. The number of benzene rings is 1. The van der Waals surface area contributed by atoms with Gasteiger partial charge in [0.05, 0.1) is 6.61 Å². The molecular formula is C14H18BrNO5. The van der Waals surface area contributed by atoms with Crippen molar-refractivity contribution in [3.8, 4) is 5.75 Å². The summed E-state index contributed by atoms with van der Waals surface area (Å²) in [4.78, 5) is 21.8. The highest BCUT2D eigenvalue weighted by Gasteiger charge is 2.12. The summed E-state index contributed by atoms with van der Waals surface area (Å²) in [6, 6.07) is 7.40. The molecule has 1 unspecified atom stereocenters.